The summed E-state index contributed by atoms with van der Waals surface area (Å²) in [4.78, 5) is 23.2. The van der Waals surface area contributed by atoms with Crippen molar-refractivity contribution in [3.8, 4) is 0 Å². The Morgan fingerprint density at radius 1 is 1.12 bits per heavy atom. The van der Waals surface area contributed by atoms with E-state index in [1.807, 2.05) is 5.32 Å². The van der Waals surface area contributed by atoms with Gasteiger partial charge in [0.2, 0.25) is 5.91 Å². The molecule has 0 fully saturated rings. The van der Waals surface area contributed by atoms with Crippen molar-refractivity contribution in [2.24, 2.45) is 5.92 Å². The Labute approximate surface area is 143 Å². The second-order valence-corrected chi connectivity index (χ2v) is 5.96. The maximum Gasteiger partial charge on any atom is 0.416 e. The molecule has 0 spiro atoms. The van der Waals surface area contributed by atoms with E-state index in [9.17, 15) is 27.9 Å². The van der Waals surface area contributed by atoms with E-state index in [-0.39, 0.29) is 6.42 Å². The van der Waals surface area contributed by atoms with Crippen LogP contribution in [0.3, 0.4) is 0 Å². The van der Waals surface area contributed by atoms with Crippen molar-refractivity contribution in [3.63, 3.8) is 0 Å². The molecule has 0 aliphatic carbocycles. The van der Waals surface area contributed by atoms with E-state index in [2.05, 4.69) is 5.32 Å². The average Bonchev–Trinajstić information content (AvgIpc) is 2.50. The van der Waals surface area contributed by atoms with E-state index in [4.69, 9.17) is 5.11 Å². The number of alkyl halides is 3. The second-order valence-electron chi connectivity index (χ2n) is 5.96. The summed E-state index contributed by atoms with van der Waals surface area (Å²) in [5.74, 6) is -1.66. The highest BCUT2D eigenvalue weighted by atomic mass is 19.4. The lowest BCUT2D eigenvalue weighted by molar-refractivity contribution is -0.215. The third-order valence-corrected chi connectivity index (χ3v) is 3.60. The fourth-order valence-corrected chi connectivity index (χ4v) is 2.29. The predicted octanol–water partition coefficient (Wildman–Crippen LogP) is 1.93. The van der Waals surface area contributed by atoms with Crippen LogP contribution in [-0.4, -0.2) is 46.6 Å². The maximum atomic E-state index is 12.8. The van der Waals surface area contributed by atoms with Gasteiger partial charge in [-0.05, 0) is 11.5 Å². The van der Waals surface area contributed by atoms with Crippen LogP contribution in [0.2, 0.25) is 0 Å². The number of benzene rings is 1. The lowest BCUT2D eigenvalue weighted by Gasteiger charge is -2.30. The molecule has 0 saturated carbocycles. The van der Waals surface area contributed by atoms with E-state index < -0.39 is 42.3 Å². The first-order valence-electron chi connectivity index (χ1n) is 7.61. The number of hydrogen-bond acceptors (Lipinski definition) is 3. The number of hydrogen-bond donors (Lipinski definition) is 4. The lowest BCUT2D eigenvalue weighted by Crippen LogP contribution is -2.57. The molecule has 0 aliphatic rings. The van der Waals surface area contributed by atoms with Crippen molar-refractivity contribution >= 4 is 12.0 Å². The highest BCUT2D eigenvalue weighted by Crippen LogP contribution is 2.25. The van der Waals surface area contributed by atoms with E-state index in [1.165, 1.54) is 13.8 Å². The quantitative estimate of drug-likeness (QED) is 0.596. The van der Waals surface area contributed by atoms with Gasteiger partial charge in [0.15, 0.2) is 6.10 Å². The van der Waals surface area contributed by atoms with Gasteiger partial charge in [0.25, 0.3) is 0 Å². The topological polar surface area (TPSA) is 98.7 Å². The first-order valence-corrected chi connectivity index (χ1v) is 7.61. The van der Waals surface area contributed by atoms with Gasteiger partial charge in [0.1, 0.15) is 6.04 Å². The van der Waals surface area contributed by atoms with Crippen molar-refractivity contribution in [2.45, 2.75) is 44.6 Å². The molecule has 9 heteroatoms. The fourth-order valence-electron chi connectivity index (χ4n) is 2.29. The molecule has 0 radical (unpaired) electrons. The Hall–Kier alpha value is -2.29. The molecule has 3 unspecified atom stereocenters. The smallest absolute Gasteiger partial charge is 0.416 e. The van der Waals surface area contributed by atoms with Gasteiger partial charge in [-0.25, -0.2) is 4.79 Å². The van der Waals surface area contributed by atoms with Gasteiger partial charge in [0.05, 0.1) is 6.04 Å². The Kier molecular flexibility index (Phi) is 7.22. The third-order valence-electron chi connectivity index (χ3n) is 3.60. The van der Waals surface area contributed by atoms with Crippen LogP contribution in [0.15, 0.2) is 30.3 Å². The number of aliphatic hydroxyl groups excluding tert-OH is 1. The van der Waals surface area contributed by atoms with Crippen LogP contribution in [0.4, 0.5) is 18.0 Å². The van der Waals surface area contributed by atoms with Crippen molar-refractivity contribution in [1.29, 1.82) is 0 Å². The van der Waals surface area contributed by atoms with Gasteiger partial charge in [-0.3, -0.25) is 4.79 Å². The number of carbonyl (C=O) groups is 2. The van der Waals surface area contributed by atoms with Crippen molar-refractivity contribution < 1.29 is 33.0 Å². The summed E-state index contributed by atoms with van der Waals surface area (Å²) in [5.41, 5.74) is 0.633. The normalized spacial score (nSPS) is 15.3. The average molecular weight is 362 g/mol. The predicted molar refractivity (Wildman–Crippen MR) is 83.9 cm³/mol. The Morgan fingerprint density at radius 2 is 1.68 bits per heavy atom. The molecule has 6 nitrogen and oxygen atoms in total. The summed E-state index contributed by atoms with van der Waals surface area (Å²) in [6.45, 7) is 2.83. The number of carbonyl (C=O) groups excluding carboxylic acids is 1. The van der Waals surface area contributed by atoms with Crippen LogP contribution in [0, 0.1) is 5.92 Å². The molecule has 1 aromatic carbocycles. The van der Waals surface area contributed by atoms with Crippen molar-refractivity contribution in [3.05, 3.63) is 35.9 Å². The van der Waals surface area contributed by atoms with Gasteiger partial charge in [-0.15, -0.1) is 0 Å². The first kappa shape index (κ1) is 20.8. The van der Waals surface area contributed by atoms with Crippen LogP contribution in [0.5, 0.6) is 0 Å². The number of amides is 2. The third kappa shape index (κ3) is 6.61. The highest BCUT2D eigenvalue weighted by Gasteiger charge is 2.45. The van der Waals surface area contributed by atoms with Gasteiger partial charge in [0, 0.05) is 6.42 Å². The van der Waals surface area contributed by atoms with Crippen LogP contribution < -0.4 is 10.6 Å². The molecule has 0 heterocycles. The summed E-state index contributed by atoms with van der Waals surface area (Å²) in [7, 11) is 0. The number of carboxylic acid groups (broad SMARTS) is 1. The molecule has 1 aromatic rings. The molecule has 25 heavy (non-hydrogen) atoms. The number of rotatable bonds is 7. The zero-order valence-electron chi connectivity index (χ0n) is 13.7. The maximum absolute atomic E-state index is 12.8. The van der Waals surface area contributed by atoms with Crippen LogP contribution in [0.1, 0.15) is 19.4 Å². The number of halogens is 3. The summed E-state index contributed by atoms with van der Waals surface area (Å²) in [5, 5.41) is 22.4. The number of nitrogens with one attached hydrogen (secondary N) is 2. The Morgan fingerprint density at radius 3 is 2.12 bits per heavy atom. The standard InChI is InChI=1S/C16H21F3N2O4/c1-9(2)12(13(22)16(17,18)19)21-14(23)11(20-15(24)25)8-10-6-4-3-5-7-10/h3-7,9,11-13,20,22H,8H2,1-2H3,(H,21,23)(H,24,25). The summed E-state index contributed by atoms with van der Waals surface area (Å²) in [6.07, 6.45) is -9.17. The second kappa shape index (κ2) is 8.70. The molecule has 3 atom stereocenters. The molecule has 0 bridgehead atoms. The highest BCUT2D eigenvalue weighted by molar-refractivity contribution is 5.85. The van der Waals surface area contributed by atoms with Crippen LogP contribution in [0.25, 0.3) is 0 Å². The van der Waals surface area contributed by atoms with E-state index in [0.717, 1.165) is 0 Å². The molecule has 140 valence electrons. The molecule has 4 N–H and O–H groups in total. The minimum Gasteiger partial charge on any atom is -0.465 e. The monoisotopic (exact) mass is 362 g/mol. The number of aliphatic hydroxyl groups is 1. The summed E-state index contributed by atoms with van der Waals surface area (Å²) in [6, 6.07) is 5.55. The molecule has 0 saturated heterocycles. The SMILES string of the molecule is CC(C)C(NC(=O)C(Cc1ccccc1)NC(=O)O)C(O)C(F)(F)F. The van der Waals surface area contributed by atoms with Gasteiger partial charge in [-0.2, -0.15) is 13.2 Å². The fraction of sp³-hybridized carbons (Fsp3) is 0.500. The largest absolute Gasteiger partial charge is 0.465 e. The zero-order chi connectivity index (χ0) is 19.2. The summed E-state index contributed by atoms with van der Waals surface area (Å²) < 4.78 is 38.3. The van der Waals surface area contributed by atoms with Crippen LogP contribution >= 0.6 is 0 Å². The van der Waals surface area contributed by atoms with Crippen LogP contribution in [-0.2, 0) is 11.2 Å². The van der Waals surface area contributed by atoms with Crippen molar-refractivity contribution in [2.75, 3.05) is 0 Å². The Bertz CT molecular complexity index is 578. The van der Waals surface area contributed by atoms with Gasteiger partial charge in [-0.1, -0.05) is 44.2 Å². The molecule has 2 amide bonds. The van der Waals surface area contributed by atoms with E-state index >= 15 is 0 Å². The molecular weight excluding hydrogens is 341 g/mol. The lowest BCUT2D eigenvalue weighted by atomic mass is 9.97. The van der Waals surface area contributed by atoms with Gasteiger partial charge >= 0.3 is 12.3 Å². The molecule has 1 rings (SSSR count). The van der Waals surface area contributed by atoms with Crippen molar-refractivity contribution in [1.82, 2.24) is 10.6 Å². The Balaban J connectivity index is 2.93. The van der Waals surface area contributed by atoms with E-state index in [1.54, 1.807) is 30.3 Å². The summed E-state index contributed by atoms with van der Waals surface area (Å²) >= 11 is 0. The van der Waals surface area contributed by atoms with E-state index in [0.29, 0.717) is 5.56 Å². The molecule has 0 aromatic heterocycles. The zero-order valence-corrected chi connectivity index (χ0v) is 13.7. The molecule has 0 aliphatic heterocycles. The minimum atomic E-state index is -4.91. The first-order chi connectivity index (χ1) is 11.5. The minimum absolute atomic E-state index is 0.0358. The molecular formula is C16H21F3N2O4. The van der Waals surface area contributed by atoms with Gasteiger partial charge < -0.3 is 20.8 Å².